The summed E-state index contributed by atoms with van der Waals surface area (Å²) in [5.41, 5.74) is -0.414. The van der Waals surface area contributed by atoms with Crippen molar-refractivity contribution in [3.63, 3.8) is 0 Å². The Hall–Kier alpha value is -0.810. The number of hydrogen-bond acceptors (Lipinski definition) is 4. The predicted octanol–water partition coefficient (Wildman–Crippen LogP) is 1.72. The summed E-state index contributed by atoms with van der Waals surface area (Å²) in [6, 6.07) is 0.463. The molecule has 2 fully saturated rings. The van der Waals surface area contributed by atoms with Crippen LogP contribution >= 0.6 is 0 Å². The molecule has 0 bridgehead atoms. The van der Waals surface area contributed by atoms with Gasteiger partial charge in [0.05, 0.1) is 13.2 Å². The lowest BCUT2D eigenvalue weighted by atomic mass is 10.0. The molecule has 1 amide bonds. The maximum atomic E-state index is 12.1. The van der Waals surface area contributed by atoms with E-state index in [-0.39, 0.29) is 6.09 Å². The highest BCUT2D eigenvalue weighted by Gasteiger charge is 2.30. The maximum Gasteiger partial charge on any atom is 0.410 e. The topological polar surface area (TPSA) is 42.0 Å². The lowest BCUT2D eigenvalue weighted by Crippen LogP contribution is -2.53. The number of amides is 1. The molecule has 110 valence electrons. The van der Waals surface area contributed by atoms with Gasteiger partial charge in [0.25, 0.3) is 0 Å². The highest BCUT2D eigenvalue weighted by atomic mass is 16.6. The standard InChI is InChI=1S/C14H26N2O3/c1-14(2,3)19-13(17)16-6-4-5-12(11-16)15-7-9-18-10-8-15/h12H,4-11H2,1-3H3/t12-/m1/s1. The molecule has 5 heteroatoms. The summed E-state index contributed by atoms with van der Waals surface area (Å²) < 4.78 is 10.8. The van der Waals surface area contributed by atoms with Crippen molar-refractivity contribution in [1.82, 2.24) is 9.80 Å². The largest absolute Gasteiger partial charge is 0.444 e. The van der Waals surface area contributed by atoms with Gasteiger partial charge in [0, 0.05) is 32.2 Å². The molecule has 5 nitrogen and oxygen atoms in total. The average Bonchev–Trinajstić information content (AvgIpc) is 2.38. The van der Waals surface area contributed by atoms with Crippen LogP contribution in [0.5, 0.6) is 0 Å². The molecule has 0 spiro atoms. The van der Waals surface area contributed by atoms with Gasteiger partial charge in [0.1, 0.15) is 5.60 Å². The Labute approximate surface area is 115 Å². The van der Waals surface area contributed by atoms with E-state index < -0.39 is 5.60 Å². The van der Waals surface area contributed by atoms with E-state index in [1.807, 2.05) is 25.7 Å². The number of carbonyl (C=O) groups is 1. The van der Waals surface area contributed by atoms with E-state index in [1.54, 1.807) is 0 Å². The summed E-state index contributed by atoms with van der Waals surface area (Å²) in [5.74, 6) is 0. The highest BCUT2D eigenvalue weighted by molar-refractivity contribution is 5.68. The summed E-state index contributed by atoms with van der Waals surface area (Å²) in [4.78, 5) is 16.4. The molecule has 0 saturated carbocycles. The molecular formula is C14H26N2O3. The first-order chi connectivity index (χ1) is 8.96. The first-order valence-electron chi connectivity index (χ1n) is 7.25. The Kier molecular flexibility index (Phi) is 4.68. The molecule has 0 unspecified atom stereocenters. The number of ether oxygens (including phenoxy) is 2. The van der Waals surface area contributed by atoms with Crippen LogP contribution in [0.2, 0.25) is 0 Å². The zero-order valence-electron chi connectivity index (χ0n) is 12.4. The molecule has 0 aromatic carbocycles. The Bertz CT molecular complexity index is 308. The summed E-state index contributed by atoms with van der Waals surface area (Å²) in [6.07, 6.45) is 2.05. The van der Waals surface area contributed by atoms with Gasteiger partial charge in [-0.05, 0) is 33.6 Å². The molecule has 2 aliphatic heterocycles. The molecule has 0 aromatic heterocycles. The zero-order chi connectivity index (χ0) is 13.9. The quantitative estimate of drug-likeness (QED) is 0.727. The van der Waals surface area contributed by atoms with Crippen LogP contribution in [0.4, 0.5) is 4.79 Å². The fraction of sp³-hybridized carbons (Fsp3) is 0.929. The Balaban J connectivity index is 1.87. The third kappa shape index (κ3) is 4.35. The fourth-order valence-corrected chi connectivity index (χ4v) is 2.69. The van der Waals surface area contributed by atoms with E-state index in [0.717, 1.165) is 45.8 Å². The van der Waals surface area contributed by atoms with Gasteiger partial charge in [-0.2, -0.15) is 0 Å². The van der Waals surface area contributed by atoms with Crippen molar-refractivity contribution < 1.29 is 14.3 Å². The molecule has 0 N–H and O–H groups in total. The van der Waals surface area contributed by atoms with Gasteiger partial charge in [0.2, 0.25) is 0 Å². The number of morpholine rings is 1. The van der Waals surface area contributed by atoms with E-state index in [4.69, 9.17) is 9.47 Å². The molecule has 2 aliphatic rings. The van der Waals surface area contributed by atoms with Crippen molar-refractivity contribution in [3.8, 4) is 0 Å². The predicted molar refractivity (Wildman–Crippen MR) is 73.2 cm³/mol. The van der Waals surface area contributed by atoms with Crippen LogP contribution < -0.4 is 0 Å². The third-order valence-corrected chi connectivity index (χ3v) is 3.61. The monoisotopic (exact) mass is 270 g/mol. The third-order valence-electron chi connectivity index (χ3n) is 3.61. The minimum atomic E-state index is -0.414. The van der Waals surface area contributed by atoms with Crippen LogP contribution in [-0.2, 0) is 9.47 Å². The second kappa shape index (κ2) is 6.09. The Morgan fingerprint density at radius 2 is 1.89 bits per heavy atom. The van der Waals surface area contributed by atoms with Crippen LogP contribution in [0.25, 0.3) is 0 Å². The van der Waals surface area contributed by atoms with Gasteiger partial charge >= 0.3 is 6.09 Å². The lowest BCUT2D eigenvalue weighted by Gasteiger charge is -2.41. The molecule has 0 radical (unpaired) electrons. The lowest BCUT2D eigenvalue weighted by molar-refractivity contribution is -0.0143. The summed E-state index contributed by atoms with van der Waals surface area (Å²) in [6.45, 7) is 10.9. The molecule has 2 heterocycles. The van der Waals surface area contributed by atoms with Crippen LogP contribution in [0.3, 0.4) is 0 Å². The highest BCUT2D eigenvalue weighted by Crippen LogP contribution is 2.19. The minimum absolute atomic E-state index is 0.176. The first-order valence-corrected chi connectivity index (χ1v) is 7.25. The second-order valence-corrected chi connectivity index (χ2v) is 6.37. The van der Waals surface area contributed by atoms with Crippen LogP contribution in [0, 0.1) is 0 Å². The summed E-state index contributed by atoms with van der Waals surface area (Å²) in [5, 5.41) is 0. The van der Waals surface area contributed by atoms with Crippen molar-refractivity contribution in [3.05, 3.63) is 0 Å². The van der Waals surface area contributed by atoms with Gasteiger partial charge in [-0.25, -0.2) is 4.79 Å². The molecule has 0 aliphatic carbocycles. The van der Waals surface area contributed by atoms with E-state index in [9.17, 15) is 4.79 Å². The van der Waals surface area contributed by atoms with Gasteiger partial charge in [-0.15, -0.1) is 0 Å². The van der Waals surface area contributed by atoms with Crippen molar-refractivity contribution in [1.29, 1.82) is 0 Å². The SMILES string of the molecule is CC(C)(C)OC(=O)N1CCC[C@@H](N2CCOCC2)C1. The molecule has 2 rings (SSSR count). The first kappa shape index (κ1) is 14.6. The van der Waals surface area contributed by atoms with E-state index in [0.29, 0.717) is 6.04 Å². The maximum absolute atomic E-state index is 12.1. The normalized spacial score (nSPS) is 26.3. The average molecular weight is 270 g/mol. The van der Waals surface area contributed by atoms with Crippen molar-refractivity contribution in [2.45, 2.75) is 45.3 Å². The van der Waals surface area contributed by atoms with Gasteiger partial charge in [0.15, 0.2) is 0 Å². The number of likely N-dealkylation sites (tertiary alicyclic amines) is 1. The van der Waals surface area contributed by atoms with Crippen molar-refractivity contribution in [2.24, 2.45) is 0 Å². The Morgan fingerprint density at radius 1 is 1.21 bits per heavy atom. The van der Waals surface area contributed by atoms with E-state index >= 15 is 0 Å². The fourth-order valence-electron chi connectivity index (χ4n) is 2.69. The number of rotatable bonds is 1. The molecule has 0 aromatic rings. The van der Waals surface area contributed by atoms with Crippen LogP contribution in [-0.4, -0.2) is 66.9 Å². The summed E-state index contributed by atoms with van der Waals surface area (Å²) >= 11 is 0. The zero-order valence-corrected chi connectivity index (χ0v) is 12.4. The van der Waals surface area contributed by atoms with Crippen molar-refractivity contribution in [2.75, 3.05) is 39.4 Å². The van der Waals surface area contributed by atoms with Crippen LogP contribution in [0.1, 0.15) is 33.6 Å². The van der Waals surface area contributed by atoms with Gasteiger partial charge in [-0.1, -0.05) is 0 Å². The van der Waals surface area contributed by atoms with Crippen LogP contribution in [0.15, 0.2) is 0 Å². The number of hydrogen-bond donors (Lipinski definition) is 0. The second-order valence-electron chi connectivity index (χ2n) is 6.37. The number of nitrogens with zero attached hydrogens (tertiary/aromatic N) is 2. The molecular weight excluding hydrogens is 244 g/mol. The molecule has 2 saturated heterocycles. The molecule has 1 atom stereocenters. The smallest absolute Gasteiger partial charge is 0.410 e. The molecule has 19 heavy (non-hydrogen) atoms. The number of piperidine rings is 1. The summed E-state index contributed by atoms with van der Waals surface area (Å²) in [7, 11) is 0. The minimum Gasteiger partial charge on any atom is -0.444 e. The van der Waals surface area contributed by atoms with E-state index in [1.165, 1.54) is 6.42 Å². The Morgan fingerprint density at radius 3 is 2.53 bits per heavy atom. The van der Waals surface area contributed by atoms with Gasteiger partial charge < -0.3 is 14.4 Å². The van der Waals surface area contributed by atoms with E-state index in [2.05, 4.69) is 4.90 Å². The van der Waals surface area contributed by atoms with Gasteiger partial charge in [-0.3, -0.25) is 4.90 Å². The number of carbonyl (C=O) groups excluding carboxylic acids is 1. The van der Waals surface area contributed by atoms with Crippen molar-refractivity contribution >= 4 is 6.09 Å².